The van der Waals surface area contributed by atoms with Gasteiger partial charge in [0.2, 0.25) is 0 Å². The van der Waals surface area contributed by atoms with Crippen molar-refractivity contribution in [2.75, 3.05) is 13.2 Å². The van der Waals surface area contributed by atoms with Crippen LogP contribution in [0.1, 0.15) is 12.8 Å². The van der Waals surface area contributed by atoms with Gasteiger partial charge in [-0.2, -0.15) is 0 Å². The lowest BCUT2D eigenvalue weighted by atomic mass is 9.87. The van der Waals surface area contributed by atoms with Crippen LogP contribution in [0.2, 0.25) is 0 Å². The first-order valence-corrected chi connectivity index (χ1v) is 4.00. The van der Waals surface area contributed by atoms with Crippen molar-refractivity contribution in [3.05, 3.63) is 0 Å². The molecule has 1 aliphatic carbocycles. The Morgan fingerprint density at radius 3 is 2.64 bits per heavy atom. The highest BCUT2D eigenvalue weighted by molar-refractivity contribution is 4.87. The van der Waals surface area contributed by atoms with Gasteiger partial charge in [0.15, 0.2) is 0 Å². The van der Waals surface area contributed by atoms with Crippen LogP contribution in [-0.2, 0) is 0 Å². The molecule has 0 aromatic rings. The second-order valence-corrected chi connectivity index (χ2v) is 3.17. The summed E-state index contributed by atoms with van der Waals surface area (Å²) < 4.78 is 0. The average molecular weight is 160 g/mol. The maximum absolute atomic E-state index is 8.95. The van der Waals surface area contributed by atoms with Gasteiger partial charge >= 0.3 is 0 Å². The van der Waals surface area contributed by atoms with Crippen LogP contribution in [0.5, 0.6) is 0 Å². The summed E-state index contributed by atoms with van der Waals surface area (Å²) in [7, 11) is 0. The Morgan fingerprint density at radius 1 is 1.55 bits per heavy atom. The molecule has 0 bridgehead atoms. The normalized spacial score (nSPS) is 33.0. The van der Waals surface area contributed by atoms with E-state index in [-0.39, 0.29) is 6.61 Å². The van der Waals surface area contributed by atoms with E-state index in [0.717, 1.165) is 12.8 Å². The van der Waals surface area contributed by atoms with Crippen LogP contribution in [0.15, 0.2) is 0 Å². The smallest absolute Gasteiger partial charge is 0.0895 e. The van der Waals surface area contributed by atoms with E-state index in [1.165, 1.54) is 0 Å². The molecular weight excluding hydrogens is 144 g/mol. The van der Waals surface area contributed by atoms with Crippen LogP contribution >= 0.6 is 0 Å². The number of hydrogen-bond donors (Lipinski definition) is 4. The van der Waals surface area contributed by atoms with E-state index in [0.29, 0.717) is 18.6 Å². The first-order chi connectivity index (χ1) is 5.22. The van der Waals surface area contributed by atoms with Gasteiger partial charge in [0, 0.05) is 18.6 Å². The molecule has 1 fully saturated rings. The van der Waals surface area contributed by atoms with E-state index < -0.39 is 6.10 Å². The number of rotatable bonds is 4. The summed E-state index contributed by atoms with van der Waals surface area (Å²) in [6, 6.07) is 0.782. The highest BCUT2D eigenvalue weighted by atomic mass is 16.3. The highest BCUT2D eigenvalue weighted by Gasteiger charge is 2.25. The topological polar surface area (TPSA) is 78.5 Å². The van der Waals surface area contributed by atoms with Gasteiger partial charge < -0.3 is 21.3 Å². The second-order valence-electron chi connectivity index (χ2n) is 3.17. The van der Waals surface area contributed by atoms with Crippen LogP contribution in [0, 0.1) is 0 Å². The molecule has 0 radical (unpaired) electrons. The molecule has 1 saturated carbocycles. The summed E-state index contributed by atoms with van der Waals surface area (Å²) in [4.78, 5) is 0. The van der Waals surface area contributed by atoms with Gasteiger partial charge in [-0.3, -0.25) is 0 Å². The van der Waals surface area contributed by atoms with Crippen molar-refractivity contribution in [3.63, 3.8) is 0 Å². The fraction of sp³-hybridized carbons (Fsp3) is 1.00. The summed E-state index contributed by atoms with van der Waals surface area (Å²) in [5, 5.41) is 20.5. The van der Waals surface area contributed by atoms with E-state index >= 15 is 0 Å². The molecule has 4 heteroatoms. The van der Waals surface area contributed by atoms with Crippen LogP contribution in [0.3, 0.4) is 0 Å². The Morgan fingerprint density at radius 2 is 2.18 bits per heavy atom. The lowest BCUT2D eigenvalue weighted by Crippen LogP contribution is -2.50. The minimum absolute atomic E-state index is 0.175. The van der Waals surface area contributed by atoms with Crippen LogP contribution < -0.4 is 11.1 Å². The zero-order valence-electron chi connectivity index (χ0n) is 6.53. The van der Waals surface area contributed by atoms with Gasteiger partial charge in [0.1, 0.15) is 0 Å². The van der Waals surface area contributed by atoms with Gasteiger partial charge in [-0.15, -0.1) is 0 Å². The number of nitrogens with one attached hydrogen (secondary N) is 1. The molecule has 66 valence electrons. The molecular formula is C7H16N2O2. The molecule has 0 amide bonds. The Kier molecular flexibility index (Phi) is 3.26. The van der Waals surface area contributed by atoms with Crippen molar-refractivity contribution in [1.82, 2.24) is 5.32 Å². The second kappa shape index (κ2) is 4.01. The summed E-state index contributed by atoms with van der Waals surface area (Å²) in [6.07, 6.45) is 1.34. The molecule has 5 N–H and O–H groups in total. The zero-order valence-corrected chi connectivity index (χ0v) is 6.53. The van der Waals surface area contributed by atoms with E-state index in [1.54, 1.807) is 0 Å². The maximum Gasteiger partial charge on any atom is 0.0895 e. The SMILES string of the molecule is NC1CC(NCC(O)CO)C1. The van der Waals surface area contributed by atoms with Crippen LogP contribution in [0.25, 0.3) is 0 Å². The first kappa shape index (κ1) is 8.93. The lowest BCUT2D eigenvalue weighted by Gasteiger charge is -2.33. The molecule has 0 aromatic heterocycles. The number of aliphatic hydroxyl groups excluding tert-OH is 2. The van der Waals surface area contributed by atoms with Crippen LogP contribution in [0.4, 0.5) is 0 Å². The van der Waals surface area contributed by atoms with E-state index in [4.69, 9.17) is 15.9 Å². The third-order valence-electron chi connectivity index (χ3n) is 2.03. The fourth-order valence-corrected chi connectivity index (χ4v) is 1.20. The Balaban J connectivity index is 1.96. The predicted molar refractivity (Wildman–Crippen MR) is 42.1 cm³/mol. The van der Waals surface area contributed by atoms with Crippen molar-refractivity contribution in [3.8, 4) is 0 Å². The minimum atomic E-state index is -0.633. The molecule has 1 unspecified atom stereocenters. The molecule has 0 saturated heterocycles. The molecule has 0 heterocycles. The van der Waals surface area contributed by atoms with Crippen molar-refractivity contribution in [1.29, 1.82) is 0 Å². The summed E-state index contributed by atoms with van der Waals surface area (Å²) in [6.45, 7) is 0.291. The van der Waals surface area contributed by atoms with E-state index in [9.17, 15) is 0 Å². The van der Waals surface area contributed by atoms with Crippen molar-refractivity contribution in [2.24, 2.45) is 5.73 Å². The van der Waals surface area contributed by atoms with Crippen molar-refractivity contribution < 1.29 is 10.2 Å². The van der Waals surface area contributed by atoms with Gasteiger partial charge in [-0.25, -0.2) is 0 Å². The molecule has 1 rings (SSSR count). The maximum atomic E-state index is 8.95. The molecule has 0 aromatic carbocycles. The lowest BCUT2D eigenvalue weighted by molar-refractivity contribution is 0.0874. The number of nitrogens with two attached hydrogens (primary N) is 1. The quantitative estimate of drug-likeness (QED) is 0.400. The van der Waals surface area contributed by atoms with Gasteiger partial charge in [0.25, 0.3) is 0 Å². The van der Waals surface area contributed by atoms with Crippen molar-refractivity contribution >= 4 is 0 Å². The Labute approximate surface area is 66.4 Å². The summed E-state index contributed by atoms with van der Waals surface area (Å²) >= 11 is 0. The summed E-state index contributed by atoms with van der Waals surface area (Å²) in [5.74, 6) is 0. The van der Waals surface area contributed by atoms with Gasteiger partial charge in [-0.1, -0.05) is 0 Å². The molecule has 11 heavy (non-hydrogen) atoms. The molecule has 1 aliphatic rings. The Hall–Kier alpha value is -0.160. The summed E-state index contributed by atoms with van der Waals surface area (Å²) in [5.41, 5.74) is 5.56. The van der Waals surface area contributed by atoms with Gasteiger partial charge in [0.05, 0.1) is 12.7 Å². The predicted octanol–water partition coefficient (Wildman–Crippen LogP) is -1.58. The Bertz CT molecular complexity index is 115. The van der Waals surface area contributed by atoms with E-state index in [1.807, 2.05) is 0 Å². The third-order valence-corrected chi connectivity index (χ3v) is 2.03. The monoisotopic (exact) mass is 160 g/mol. The number of aliphatic hydroxyl groups is 2. The molecule has 1 atom stereocenters. The van der Waals surface area contributed by atoms with Crippen molar-refractivity contribution in [2.45, 2.75) is 31.0 Å². The van der Waals surface area contributed by atoms with Crippen LogP contribution in [-0.4, -0.2) is 41.6 Å². The largest absolute Gasteiger partial charge is 0.394 e. The molecule has 0 spiro atoms. The highest BCUT2D eigenvalue weighted by Crippen LogP contribution is 2.16. The molecule has 4 nitrogen and oxygen atoms in total. The standard InChI is InChI=1S/C7H16N2O2/c8-5-1-6(2-5)9-3-7(11)4-10/h5-7,9-11H,1-4,8H2. The third kappa shape index (κ3) is 2.75. The number of hydrogen-bond acceptors (Lipinski definition) is 4. The zero-order chi connectivity index (χ0) is 8.27. The molecule has 0 aliphatic heterocycles. The van der Waals surface area contributed by atoms with Gasteiger partial charge in [-0.05, 0) is 12.8 Å². The fourth-order valence-electron chi connectivity index (χ4n) is 1.20. The average Bonchev–Trinajstić information content (AvgIpc) is 1.95. The minimum Gasteiger partial charge on any atom is -0.394 e. The van der Waals surface area contributed by atoms with E-state index in [2.05, 4.69) is 5.32 Å². The first-order valence-electron chi connectivity index (χ1n) is 4.00.